The Kier molecular flexibility index (Phi) is 3.87. The molecule has 6 aromatic carbocycles. The lowest BCUT2D eigenvalue weighted by Gasteiger charge is -2.29. The van der Waals surface area contributed by atoms with Gasteiger partial charge in [0.25, 0.3) is 0 Å². The highest BCUT2D eigenvalue weighted by atomic mass is 16.5. The molecule has 4 heterocycles. The zero-order chi connectivity index (χ0) is 26.7. The van der Waals surface area contributed by atoms with Crippen molar-refractivity contribution in [2.45, 2.75) is 0 Å². The Morgan fingerprint density at radius 3 is 2.05 bits per heavy atom. The van der Waals surface area contributed by atoms with Gasteiger partial charge in [-0.3, -0.25) is 4.57 Å². The van der Waals surface area contributed by atoms with Gasteiger partial charge in [0.1, 0.15) is 16.9 Å². The molecule has 0 unspecified atom stereocenters. The molecule has 2 aliphatic rings. The lowest BCUT2D eigenvalue weighted by molar-refractivity contribution is 0.444. The smallest absolute Gasteiger partial charge is 0.155 e. The molecule has 0 bridgehead atoms. The summed E-state index contributed by atoms with van der Waals surface area (Å²) in [6, 6.07) is 41.7. The average molecular weight is 529 g/mol. The van der Waals surface area contributed by atoms with Crippen LogP contribution in [0.1, 0.15) is 0 Å². The Bertz CT molecular complexity index is 2380. The average Bonchev–Trinajstić information content (AvgIpc) is 3.55. The van der Waals surface area contributed by atoms with Gasteiger partial charge >= 0.3 is 0 Å². The van der Waals surface area contributed by atoms with E-state index >= 15 is 0 Å². The predicted octanol–water partition coefficient (Wildman–Crippen LogP) is 10.4. The van der Waals surface area contributed by atoms with Gasteiger partial charge in [-0.25, -0.2) is 0 Å². The standard InChI is InChI=1S/C36H20N2O3/c1-2-8-21(9-3-1)37(22-16-17-25-24-10-4-5-12-28(24)39-32(25)19-22)23-18-27-26-11-6-13-29-34(26)38-35(27)33(20-23)41-31-15-7-14-30(40-29)36(31)38/h1-20H. The second kappa shape index (κ2) is 7.49. The third-order valence-corrected chi connectivity index (χ3v) is 8.31. The van der Waals surface area contributed by atoms with E-state index in [1.165, 1.54) is 0 Å². The first-order valence-corrected chi connectivity index (χ1v) is 13.7. The van der Waals surface area contributed by atoms with Gasteiger partial charge in [0.05, 0.1) is 16.7 Å². The lowest BCUT2D eigenvalue weighted by atomic mass is 10.1. The van der Waals surface area contributed by atoms with Gasteiger partial charge in [-0.2, -0.15) is 0 Å². The number of furan rings is 1. The van der Waals surface area contributed by atoms with E-state index in [1.54, 1.807) is 0 Å². The molecule has 0 N–H and O–H groups in total. The fourth-order valence-corrected chi connectivity index (χ4v) is 6.63. The number of fused-ring (bicyclic) bond motifs is 4. The first-order valence-electron chi connectivity index (χ1n) is 13.7. The van der Waals surface area contributed by atoms with Crippen LogP contribution in [0, 0.1) is 0 Å². The third-order valence-electron chi connectivity index (χ3n) is 8.31. The quantitative estimate of drug-likeness (QED) is 0.229. The van der Waals surface area contributed by atoms with Crippen molar-refractivity contribution < 1.29 is 13.9 Å². The van der Waals surface area contributed by atoms with Crippen molar-refractivity contribution in [3.8, 4) is 28.7 Å². The molecule has 0 spiro atoms. The minimum atomic E-state index is 0.787. The molecule has 2 aliphatic heterocycles. The van der Waals surface area contributed by atoms with Crippen molar-refractivity contribution in [2.75, 3.05) is 4.90 Å². The monoisotopic (exact) mass is 528 g/mol. The fraction of sp³-hybridized carbons (Fsp3) is 0. The van der Waals surface area contributed by atoms with Crippen LogP contribution in [0.4, 0.5) is 17.1 Å². The largest absolute Gasteiger partial charge is 0.456 e. The van der Waals surface area contributed by atoms with Crippen LogP contribution in [-0.2, 0) is 0 Å². The molecule has 0 saturated carbocycles. The summed E-state index contributed by atoms with van der Waals surface area (Å²) < 4.78 is 21.6. The van der Waals surface area contributed by atoms with E-state index < -0.39 is 0 Å². The summed E-state index contributed by atoms with van der Waals surface area (Å²) in [5.41, 5.74) is 7.88. The highest BCUT2D eigenvalue weighted by molar-refractivity contribution is 6.16. The first-order chi connectivity index (χ1) is 20.3. The van der Waals surface area contributed by atoms with Crippen LogP contribution >= 0.6 is 0 Å². The Balaban J connectivity index is 1.27. The number of aromatic nitrogens is 1. The summed E-state index contributed by atoms with van der Waals surface area (Å²) in [6.45, 7) is 0. The summed E-state index contributed by atoms with van der Waals surface area (Å²) in [5.74, 6) is 3.26. The van der Waals surface area contributed by atoms with E-state index in [9.17, 15) is 0 Å². The van der Waals surface area contributed by atoms with Crippen molar-refractivity contribution in [3.63, 3.8) is 0 Å². The van der Waals surface area contributed by atoms with Crippen molar-refractivity contribution in [1.29, 1.82) is 0 Å². The number of para-hydroxylation sites is 4. The highest BCUT2D eigenvalue weighted by Gasteiger charge is 2.32. The Morgan fingerprint density at radius 2 is 1.15 bits per heavy atom. The van der Waals surface area contributed by atoms with Crippen LogP contribution in [0.25, 0.3) is 49.4 Å². The van der Waals surface area contributed by atoms with E-state index in [2.05, 4.69) is 82.3 Å². The lowest BCUT2D eigenvalue weighted by Crippen LogP contribution is -2.12. The van der Waals surface area contributed by atoms with Gasteiger partial charge in [0, 0.05) is 45.1 Å². The summed E-state index contributed by atoms with van der Waals surface area (Å²) in [6.07, 6.45) is 0. The van der Waals surface area contributed by atoms with Crippen LogP contribution < -0.4 is 14.4 Å². The van der Waals surface area contributed by atoms with Crippen molar-refractivity contribution >= 4 is 60.8 Å². The number of hydrogen-bond acceptors (Lipinski definition) is 4. The van der Waals surface area contributed by atoms with Gasteiger partial charge in [-0.1, -0.05) is 54.6 Å². The van der Waals surface area contributed by atoms with Gasteiger partial charge < -0.3 is 18.8 Å². The summed E-state index contributed by atoms with van der Waals surface area (Å²) in [7, 11) is 0. The maximum absolute atomic E-state index is 6.62. The summed E-state index contributed by atoms with van der Waals surface area (Å²) in [5, 5.41) is 4.47. The molecule has 10 rings (SSSR count). The molecule has 0 amide bonds. The van der Waals surface area contributed by atoms with Gasteiger partial charge in [-0.05, 0) is 54.6 Å². The minimum absolute atomic E-state index is 0.787. The number of hydrogen-bond donors (Lipinski definition) is 0. The van der Waals surface area contributed by atoms with E-state index in [0.717, 1.165) is 89.5 Å². The molecule has 192 valence electrons. The summed E-state index contributed by atoms with van der Waals surface area (Å²) >= 11 is 0. The Hall–Kier alpha value is -5.68. The van der Waals surface area contributed by atoms with Gasteiger partial charge in [0.15, 0.2) is 23.0 Å². The minimum Gasteiger partial charge on any atom is -0.456 e. The van der Waals surface area contributed by atoms with Crippen LogP contribution in [0.15, 0.2) is 126 Å². The van der Waals surface area contributed by atoms with E-state index in [-0.39, 0.29) is 0 Å². The second-order valence-corrected chi connectivity index (χ2v) is 10.6. The van der Waals surface area contributed by atoms with Crippen LogP contribution in [-0.4, -0.2) is 4.57 Å². The molecular weight excluding hydrogens is 508 g/mol. The first kappa shape index (κ1) is 21.2. The third kappa shape index (κ3) is 2.74. The molecule has 5 heteroatoms. The zero-order valence-corrected chi connectivity index (χ0v) is 21.7. The fourth-order valence-electron chi connectivity index (χ4n) is 6.63. The molecule has 0 atom stereocenters. The maximum Gasteiger partial charge on any atom is 0.155 e. The molecule has 41 heavy (non-hydrogen) atoms. The maximum atomic E-state index is 6.62. The topological polar surface area (TPSA) is 39.8 Å². The number of anilines is 3. The molecular formula is C36H20N2O3. The molecule has 8 aromatic rings. The van der Waals surface area contributed by atoms with Crippen LogP contribution in [0.5, 0.6) is 23.0 Å². The van der Waals surface area contributed by atoms with Gasteiger partial charge in [0.2, 0.25) is 0 Å². The van der Waals surface area contributed by atoms with Gasteiger partial charge in [-0.15, -0.1) is 0 Å². The molecule has 0 fully saturated rings. The number of ether oxygens (including phenoxy) is 2. The van der Waals surface area contributed by atoms with E-state index in [0.29, 0.717) is 0 Å². The van der Waals surface area contributed by atoms with E-state index in [1.807, 2.05) is 48.5 Å². The zero-order valence-electron chi connectivity index (χ0n) is 21.7. The second-order valence-electron chi connectivity index (χ2n) is 10.6. The molecule has 0 saturated heterocycles. The predicted molar refractivity (Wildman–Crippen MR) is 163 cm³/mol. The highest BCUT2D eigenvalue weighted by Crippen LogP contribution is 2.55. The molecule has 0 radical (unpaired) electrons. The van der Waals surface area contributed by atoms with Crippen molar-refractivity contribution in [2.24, 2.45) is 0 Å². The Labute approximate surface area is 234 Å². The normalized spacial score (nSPS) is 12.8. The van der Waals surface area contributed by atoms with Crippen molar-refractivity contribution in [1.82, 2.24) is 4.57 Å². The van der Waals surface area contributed by atoms with Crippen LogP contribution in [0.2, 0.25) is 0 Å². The van der Waals surface area contributed by atoms with E-state index in [4.69, 9.17) is 13.9 Å². The number of rotatable bonds is 3. The van der Waals surface area contributed by atoms with Crippen molar-refractivity contribution in [3.05, 3.63) is 121 Å². The number of benzene rings is 6. The molecule has 5 nitrogen and oxygen atoms in total. The molecule has 0 aliphatic carbocycles. The Morgan fingerprint density at radius 1 is 0.439 bits per heavy atom. The number of nitrogens with zero attached hydrogens (tertiary/aromatic N) is 2. The van der Waals surface area contributed by atoms with Crippen LogP contribution in [0.3, 0.4) is 0 Å². The SMILES string of the molecule is c1ccc(N(c2ccc3c(c2)oc2ccccc23)c2cc3c4c(c2)c2cccc5c2n4-c2c(cccc2O3)O5)cc1. The molecule has 2 aromatic heterocycles. The summed E-state index contributed by atoms with van der Waals surface area (Å²) in [4.78, 5) is 2.26.